The smallest absolute Gasteiger partial charge is 0.237 e. The molecule has 0 amide bonds. The molecule has 0 saturated carbocycles. The lowest BCUT2D eigenvalue weighted by molar-refractivity contribution is 0.0704. The van der Waals surface area contributed by atoms with Gasteiger partial charge in [-0.05, 0) is 25.0 Å². The van der Waals surface area contributed by atoms with Gasteiger partial charge in [-0.3, -0.25) is 4.57 Å². The summed E-state index contributed by atoms with van der Waals surface area (Å²) in [7, 11) is 0. The average Bonchev–Trinajstić information content (AvgIpc) is 3.25. The minimum atomic E-state index is -0.313. The molecule has 1 fully saturated rings. The van der Waals surface area contributed by atoms with Crippen molar-refractivity contribution >= 4 is 22.2 Å². The monoisotopic (exact) mass is 338 g/mol. The van der Waals surface area contributed by atoms with E-state index in [-0.39, 0.29) is 5.82 Å². The summed E-state index contributed by atoms with van der Waals surface area (Å²) in [6.07, 6.45) is 7.03. The Hall–Kier alpha value is -2.87. The molecule has 8 heteroatoms. The Labute approximate surface area is 142 Å². The Balaban J connectivity index is 1.63. The zero-order valence-electron chi connectivity index (χ0n) is 13.3. The highest BCUT2D eigenvalue weighted by molar-refractivity contribution is 5.77. The first-order chi connectivity index (χ1) is 12.3. The highest BCUT2D eigenvalue weighted by Crippen LogP contribution is 2.25. The Morgan fingerprint density at radius 3 is 2.76 bits per heavy atom. The van der Waals surface area contributed by atoms with Crippen LogP contribution >= 0.6 is 0 Å². The van der Waals surface area contributed by atoms with Gasteiger partial charge in [0.2, 0.25) is 5.95 Å². The number of fused-ring (bicyclic) bond motifs is 2. The van der Waals surface area contributed by atoms with Crippen molar-refractivity contribution in [2.75, 3.05) is 13.2 Å². The van der Waals surface area contributed by atoms with Crippen LogP contribution in [0, 0.1) is 5.82 Å². The van der Waals surface area contributed by atoms with Crippen molar-refractivity contribution in [3.8, 4) is 5.95 Å². The largest absolute Gasteiger partial charge is 0.381 e. The summed E-state index contributed by atoms with van der Waals surface area (Å²) in [5, 5.41) is 0. The van der Waals surface area contributed by atoms with Crippen molar-refractivity contribution < 1.29 is 9.13 Å². The molecule has 126 valence electrons. The highest BCUT2D eigenvalue weighted by atomic mass is 19.1. The molecule has 0 aliphatic carbocycles. The molecule has 3 aromatic heterocycles. The summed E-state index contributed by atoms with van der Waals surface area (Å²) in [6.45, 7) is 1.50. The number of hydrogen-bond acceptors (Lipinski definition) is 5. The summed E-state index contributed by atoms with van der Waals surface area (Å²) in [4.78, 5) is 17.8. The van der Waals surface area contributed by atoms with Crippen molar-refractivity contribution in [1.82, 2.24) is 29.1 Å². The van der Waals surface area contributed by atoms with E-state index in [0.29, 0.717) is 17.5 Å². The molecule has 0 spiro atoms. The molecule has 1 saturated heterocycles. The molecular formula is C17H15FN6O. The maximum Gasteiger partial charge on any atom is 0.237 e. The topological polar surface area (TPSA) is 70.7 Å². The van der Waals surface area contributed by atoms with Crippen LogP contribution in [0.2, 0.25) is 0 Å². The normalized spacial score (nSPS) is 16.0. The van der Waals surface area contributed by atoms with Crippen molar-refractivity contribution in [2.45, 2.75) is 18.9 Å². The Bertz CT molecular complexity index is 1070. The Kier molecular flexibility index (Phi) is 3.24. The molecule has 1 aliphatic heterocycles. The number of benzene rings is 1. The molecule has 0 bridgehead atoms. The standard InChI is InChI=1S/C17H15FN6O/c18-11-1-2-15-13(7-11)20-10-24(15)17-19-8-14-16(22-17)23(9-21-14)12-3-5-25-6-4-12/h1-2,7-10,12H,3-6H2. The quantitative estimate of drug-likeness (QED) is 0.562. The number of ether oxygens (including phenoxy) is 1. The molecule has 25 heavy (non-hydrogen) atoms. The fourth-order valence-corrected chi connectivity index (χ4v) is 3.31. The van der Waals surface area contributed by atoms with Gasteiger partial charge < -0.3 is 9.30 Å². The van der Waals surface area contributed by atoms with Crippen LogP contribution in [0.3, 0.4) is 0 Å². The molecule has 0 atom stereocenters. The van der Waals surface area contributed by atoms with Gasteiger partial charge in [0.05, 0.1) is 23.6 Å². The van der Waals surface area contributed by atoms with Crippen molar-refractivity contribution in [1.29, 1.82) is 0 Å². The molecule has 4 heterocycles. The van der Waals surface area contributed by atoms with Crippen LogP contribution in [0.1, 0.15) is 18.9 Å². The van der Waals surface area contributed by atoms with Crippen LogP contribution in [0.4, 0.5) is 4.39 Å². The van der Waals surface area contributed by atoms with E-state index in [1.54, 1.807) is 23.2 Å². The zero-order valence-corrected chi connectivity index (χ0v) is 13.3. The van der Waals surface area contributed by atoms with Crippen LogP contribution in [0.15, 0.2) is 37.1 Å². The van der Waals surface area contributed by atoms with Gasteiger partial charge in [-0.25, -0.2) is 19.3 Å². The molecular weight excluding hydrogens is 323 g/mol. The number of nitrogens with zero attached hydrogens (tertiary/aromatic N) is 6. The number of hydrogen-bond donors (Lipinski definition) is 0. The summed E-state index contributed by atoms with van der Waals surface area (Å²) in [6, 6.07) is 4.82. The second-order valence-corrected chi connectivity index (χ2v) is 6.12. The van der Waals surface area contributed by atoms with Crippen LogP contribution < -0.4 is 0 Å². The van der Waals surface area contributed by atoms with Crippen LogP contribution in [0.25, 0.3) is 28.1 Å². The van der Waals surface area contributed by atoms with E-state index in [0.717, 1.165) is 42.7 Å². The molecule has 1 aromatic carbocycles. The van der Waals surface area contributed by atoms with Crippen molar-refractivity contribution in [3.63, 3.8) is 0 Å². The van der Waals surface area contributed by atoms with E-state index in [1.165, 1.54) is 12.1 Å². The lowest BCUT2D eigenvalue weighted by Gasteiger charge is -2.23. The maximum atomic E-state index is 13.4. The molecule has 0 unspecified atom stereocenters. The van der Waals surface area contributed by atoms with Crippen LogP contribution in [0.5, 0.6) is 0 Å². The SMILES string of the molecule is Fc1ccc2c(c1)ncn2-c1ncc2ncn(C3CCOCC3)c2n1. The van der Waals surface area contributed by atoms with Gasteiger partial charge in [0.25, 0.3) is 0 Å². The molecule has 0 radical (unpaired) electrons. The molecule has 4 aromatic rings. The van der Waals surface area contributed by atoms with Crippen LogP contribution in [-0.4, -0.2) is 42.3 Å². The lowest BCUT2D eigenvalue weighted by atomic mass is 10.1. The first kappa shape index (κ1) is 14.5. The summed E-state index contributed by atoms with van der Waals surface area (Å²) >= 11 is 0. The van der Waals surface area contributed by atoms with E-state index in [9.17, 15) is 4.39 Å². The molecule has 0 N–H and O–H groups in total. The maximum absolute atomic E-state index is 13.4. The third kappa shape index (κ3) is 2.37. The number of halogens is 1. The summed E-state index contributed by atoms with van der Waals surface area (Å²) in [5.74, 6) is 0.183. The van der Waals surface area contributed by atoms with Crippen LogP contribution in [-0.2, 0) is 4.74 Å². The predicted octanol–water partition coefficient (Wildman–Crippen LogP) is 2.66. The van der Waals surface area contributed by atoms with Gasteiger partial charge in [-0.1, -0.05) is 0 Å². The minimum absolute atomic E-state index is 0.313. The number of aromatic nitrogens is 6. The first-order valence-electron chi connectivity index (χ1n) is 8.20. The van der Waals surface area contributed by atoms with E-state index in [4.69, 9.17) is 9.72 Å². The molecule has 1 aliphatic rings. The summed E-state index contributed by atoms with van der Waals surface area (Å²) in [5.41, 5.74) is 2.88. The third-order valence-corrected chi connectivity index (χ3v) is 4.61. The van der Waals surface area contributed by atoms with E-state index < -0.39 is 0 Å². The predicted molar refractivity (Wildman–Crippen MR) is 89.0 cm³/mol. The van der Waals surface area contributed by atoms with Gasteiger partial charge in [0, 0.05) is 25.3 Å². The van der Waals surface area contributed by atoms with Gasteiger partial charge in [0.1, 0.15) is 17.7 Å². The van der Waals surface area contributed by atoms with E-state index >= 15 is 0 Å². The lowest BCUT2D eigenvalue weighted by Crippen LogP contribution is -2.19. The van der Waals surface area contributed by atoms with Gasteiger partial charge in [0.15, 0.2) is 5.65 Å². The Morgan fingerprint density at radius 2 is 1.88 bits per heavy atom. The average molecular weight is 338 g/mol. The zero-order chi connectivity index (χ0) is 16.8. The van der Waals surface area contributed by atoms with Gasteiger partial charge in [-0.15, -0.1) is 0 Å². The fraction of sp³-hybridized carbons (Fsp3) is 0.294. The molecule has 7 nitrogen and oxygen atoms in total. The summed E-state index contributed by atoms with van der Waals surface area (Å²) < 4.78 is 22.7. The fourth-order valence-electron chi connectivity index (χ4n) is 3.31. The second kappa shape index (κ2) is 5.59. The van der Waals surface area contributed by atoms with Crippen molar-refractivity contribution in [2.24, 2.45) is 0 Å². The second-order valence-electron chi connectivity index (χ2n) is 6.12. The van der Waals surface area contributed by atoms with Gasteiger partial charge >= 0.3 is 0 Å². The van der Waals surface area contributed by atoms with E-state index in [2.05, 4.69) is 19.5 Å². The Morgan fingerprint density at radius 1 is 1.04 bits per heavy atom. The van der Waals surface area contributed by atoms with E-state index in [1.807, 2.05) is 6.33 Å². The highest BCUT2D eigenvalue weighted by Gasteiger charge is 2.19. The van der Waals surface area contributed by atoms with Gasteiger partial charge in [-0.2, -0.15) is 4.98 Å². The number of imidazole rings is 2. The van der Waals surface area contributed by atoms with Crippen molar-refractivity contribution in [3.05, 3.63) is 42.9 Å². The third-order valence-electron chi connectivity index (χ3n) is 4.61. The minimum Gasteiger partial charge on any atom is -0.381 e. The number of rotatable bonds is 2. The molecule has 5 rings (SSSR count). The first-order valence-corrected chi connectivity index (χ1v) is 8.20.